The third-order valence-corrected chi connectivity index (χ3v) is 4.51. The Kier molecular flexibility index (Phi) is 4.55. The molecular formula is C16H13ClN4OS. The molecule has 7 heteroatoms. The van der Waals surface area contributed by atoms with Crippen molar-refractivity contribution in [1.82, 2.24) is 9.78 Å². The van der Waals surface area contributed by atoms with E-state index in [9.17, 15) is 4.79 Å². The van der Waals surface area contributed by atoms with Crippen molar-refractivity contribution in [1.29, 1.82) is 0 Å². The molecule has 0 saturated carbocycles. The number of nitrogens with one attached hydrogen (secondary N) is 1. The highest BCUT2D eigenvalue weighted by atomic mass is 35.5. The van der Waals surface area contributed by atoms with E-state index in [-0.39, 0.29) is 5.02 Å². The van der Waals surface area contributed by atoms with Crippen LogP contribution in [-0.2, 0) is 0 Å². The van der Waals surface area contributed by atoms with E-state index in [1.165, 1.54) is 10.9 Å². The average molecular weight is 345 g/mol. The molecule has 23 heavy (non-hydrogen) atoms. The highest BCUT2D eigenvalue weighted by Gasteiger charge is 2.09. The molecular weight excluding hydrogens is 332 g/mol. The van der Waals surface area contributed by atoms with Crippen LogP contribution in [0, 0.1) is 6.92 Å². The Morgan fingerprint density at radius 2 is 2.09 bits per heavy atom. The van der Waals surface area contributed by atoms with Crippen molar-refractivity contribution >= 4 is 34.8 Å². The van der Waals surface area contributed by atoms with Crippen LogP contribution in [0.4, 0.5) is 5.69 Å². The van der Waals surface area contributed by atoms with Crippen molar-refractivity contribution in [3.8, 4) is 5.69 Å². The van der Waals surface area contributed by atoms with E-state index >= 15 is 0 Å². The number of hydrogen-bond donors (Lipinski definition) is 1. The molecule has 1 N–H and O–H groups in total. The van der Waals surface area contributed by atoms with Gasteiger partial charge in [-0.2, -0.15) is 14.9 Å². The topological polar surface area (TPSA) is 59.3 Å². The zero-order valence-electron chi connectivity index (χ0n) is 12.2. The molecule has 0 aliphatic rings. The monoisotopic (exact) mass is 344 g/mol. The van der Waals surface area contributed by atoms with Crippen molar-refractivity contribution in [3.63, 3.8) is 0 Å². The number of halogens is 1. The first-order valence-corrected chi connectivity index (χ1v) is 8.09. The predicted molar refractivity (Wildman–Crippen MR) is 95.1 cm³/mol. The third kappa shape index (κ3) is 3.33. The van der Waals surface area contributed by atoms with Gasteiger partial charge in [0.25, 0.3) is 5.56 Å². The number of hydrazone groups is 1. The molecule has 5 nitrogen and oxygen atoms in total. The first-order valence-electron chi connectivity index (χ1n) is 6.83. The zero-order valence-corrected chi connectivity index (χ0v) is 13.8. The van der Waals surface area contributed by atoms with Crippen LogP contribution in [0.3, 0.4) is 0 Å². The van der Waals surface area contributed by atoms with Crippen molar-refractivity contribution in [3.05, 3.63) is 73.8 Å². The maximum absolute atomic E-state index is 12.3. The Hall–Kier alpha value is -2.44. The number of benzene rings is 1. The summed E-state index contributed by atoms with van der Waals surface area (Å²) < 4.78 is 1.25. The van der Waals surface area contributed by atoms with Crippen LogP contribution in [0.15, 0.2) is 57.9 Å². The zero-order chi connectivity index (χ0) is 16.2. The summed E-state index contributed by atoms with van der Waals surface area (Å²) in [6.07, 6.45) is 3.18. The molecule has 1 aromatic carbocycles. The largest absolute Gasteiger partial charge is 0.292 e. The lowest BCUT2D eigenvalue weighted by Crippen LogP contribution is -2.22. The summed E-state index contributed by atoms with van der Waals surface area (Å²) in [7, 11) is 0. The Labute approximate surface area is 141 Å². The highest BCUT2D eigenvalue weighted by molar-refractivity contribution is 7.11. The number of rotatable bonds is 4. The number of aryl methyl sites for hydroxylation is 1. The van der Waals surface area contributed by atoms with E-state index in [1.54, 1.807) is 29.7 Å². The fourth-order valence-electron chi connectivity index (χ4n) is 1.94. The molecule has 0 bridgehead atoms. The van der Waals surface area contributed by atoms with E-state index in [1.807, 2.05) is 36.6 Å². The maximum atomic E-state index is 12.3. The molecule has 0 saturated heterocycles. The van der Waals surface area contributed by atoms with Crippen molar-refractivity contribution in [2.24, 2.45) is 5.10 Å². The summed E-state index contributed by atoms with van der Waals surface area (Å²) in [6.45, 7) is 2.01. The molecule has 0 spiro atoms. The SMILES string of the molecule is Cc1ccsc1/C=N/Nc1cnn(-c2ccccc2)c(=O)c1Cl. The number of anilines is 1. The van der Waals surface area contributed by atoms with Gasteiger partial charge in [0.2, 0.25) is 0 Å². The third-order valence-electron chi connectivity index (χ3n) is 3.19. The van der Waals surface area contributed by atoms with E-state index in [0.717, 1.165) is 10.4 Å². The van der Waals surface area contributed by atoms with Gasteiger partial charge in [0.1, 0.15) is 10.7 Å². The van der Waals surface area contributed by atoms with Crippen LogP contribution < -0.4 is 11.0 Å². The van der Waals surface area contributed by atoms with Crippen LogP contribution in [0.1, 0.15) is 10.4 Å². The van der Waals surface area contributed by atoms with E-state index < -0.39 is 5.56 Å². The van der Waals surface area contributed by atoms with Crippen LogP contribution in [0.2, 0.25) is 5.02 Å². The Balaban J connectivity index is 1.85. The van der Waals surface area contributed by atoms with Crippen LogP contribution in [0.25, 0.3) is 5.69 Å². The standard InChI is InChI=1S/C16H13ClN4OS/c1-11-7-8-23-14(11)10-18-20-13-9-19-21(16(22)15(13)17)12-5-3-2-4-6-12/h2-10,20H,1H3/b18-10+. The minimum absolute atomic E-state index is 0.0453. The number of para-hydroxylation sites is 1. The Bertz CT molecular complexity index is 902. The van der Waals surface area contributed by atoms with E-state index in [4.69, 9.17) is 11.6 Å². The second-order valence-corrected chi connectivity index (χ2v) is 6.09. The predicted octanol–water partition coefficient (Wildman–Crippen LogP) is 3.70. The van der Waals surface area contributed by atoms with Gasteiger partial charge in [0.15, 0.2) is 0 Å². The van der Waals surface area contributed by atoms with Gasteiger partial charge in [-0.25, -0.2) is 0 Å². The molecule has 0 aliphatic carbocycles. The minimum atomic E-state index is -0.398. The number of hydrogen-bond acceptors (Lipinski definition) is 5. The first-order chi connectivity index (χ1) is 11.2. The molecule has 2 heterocycles. The number of aromatic nitrogens is 2. The first kappa shape index (κ1) is 15.5. The fraction of sp³-hybridized carbons (Fsp3) is 0.0625. The Morgan fingerprint density at radius 1 is 1.30 bits per heavy atom. The molecule has 0 fully saturated rings. The highest BCUT2D eigenvalue weighted by Crippen LogP contribution is 2.17. The molecule has 0 amide bonds. The molecule has 116 valence electrons. The summed E-state index contributed by atoms with van der Waals surface area (Å²) in [5.41, 5.74) is 4.54. The van der Waals surface area contributed by atoms with Gasteiger partial charge in [-0.3, -0.25) is 10.2 Å². The van der Waals surface area contributed by atoms with E-state index in [2.05, 4.69) is 15.6 Å². The second kappa shape index (κ2) is 6.76. The van der Waals surface area contributed by atoms with Crippen molar-refractivity contribution in [2.45, 2.75) is 6.92 Å². The van der Waals surface area contributed by atoms with Gasteiger partial charge in [-0.15, -0.1) is 11.3 Å². The van der Waals surface area contributed by atoms with Gasteiger partial charge >= 0.3 is 0 Å². The summed E-state index contributed by atoms with van der Waals surface area (Å²) in [5.74, 6) is 0. The van der Waals surface area contributed by atoms with Gasteiger partial charge in [0, 0.05) is 4.88 Å². The lowest BCUT2D eigenvalue weighted by Gasteiger charge is -2.07. The molecule has 0 atom stereocenters. The number of nitrogens with zero attached hydrogens (tertiary/aromatic N) is 3. The summed E-state index contributed by atoms with van der Waals surface area (Å²) >= 11 is 7.72. The van der Waals surface area contributed by atoms with Gasteiger partial charge in [0.05, 0.1) is 18.1 Å². The summed E-state index contributed by atoms with van der Waals surface area (Å²) in [6, 6.07) is 11.1. The maximum Gasteiger partial charge on any atom is 0.292 e. The minimum Gasteiger partial charge on any atom is -0.275 e. The smallest absolute Gasteiger partial charge is 0.275 e. The van der Waals surface area contributed by atoms with Gasteiger partial charge in [-0.05, 0) is 36.1 Å². The summed E-state index contributed by atoms with van der Waals surface area (Å²) in [4.78, 5) is 13.4. The molecule has 2 aromatic heterocycles. The lowest BCUT2D eigenvalue weighted by atomic mass is 10.3. The van der Waals surface area contributed by atoms with Crippen LogP contribution in [0.5, 0.6) is 0 Å². The normalized spacial score (nSPS) is 11.0. The van der Waals surface area contributed by atoms with Gasteiger partial charge in [-0.1, -0.05) is 29.8 Å². The van der Waals surface area contributed by atoms with Crippen LogP contribution in [-0.4, -0.2) is 16.0 Å². The quantitative estimate of drug-likeness (QED) is 0.580. The molecule has 0 aliphatic heterocycles. The lowest BCUT2D eigenvalue weighted by molar-refractivity contribution is 0.808. The Morgan fingerprint density at radius 3 is 2.78 bits per heavy atom. The average Bonchev–Trinajstić information content (AvgIpc) is 2.98. The fourth-order valence-corrected chi connectivity index (χ4v) is 2.90. The second-order valence-electron chi connectivity index (χ2n) is 4.76. The van der Waals surface area contributed by atoms with Gasteiger partial charge < -0.3 is 0 Å². The summed E-state index contributed by atoms with van der Waals surface area (Å²) in [5, 5.41) is 10.3. The number of thiophene rings is 1. The molecule has 3 rings (SSSR count). The van der Waals surface area contributed by atoms with Crippen molar-refractivity contribution in [2.75, 3.05) is 5.43 Å². The molecule has 3 aromatic rings. The van der Waals surface area contributed by atoms with Crippen LogP contribution >= 0.6 is 22.9 Å². The molecule has 0 unspecified atom stereocenters. The molecule has 0 radical (unpaired) electrons. The van der Waals surface area contributed by atoms with E-state index in [0.29, 0.717) is 11.4 Å². The van der Waals surface area contributed by atoms with Crippen molar-refractivity contribution < 1.29 is 0 Å².